The monoisotopic (exact) mass is 328 g/mol. The van der Waals surface area contributed by atoms with Crippen LogP contribution >= 0.6 is 0 Å². The van der Waals surface area contributed by atoms with Crippen LogP contribution < -0.4 is 0 Å². The van der Waals surface area contributed by atoms with Crippen molar-refractivity contribution >= 4 is 5.97 Å². The number of aliphatic hydroxyl groups excluding tert-OH is 1. The fourth-order valence-electron chi connectivity index (χ4n) is 3.90. The summed E-state index contributed by atoms with van der Waals surface area (Å²) >= 11 is 0. The Morgan fingerprint density at radius 3 is 2.70 bits per heavy atom. The predicted molar refractivity (Wildman–Crippen MR) is 85.6 cm³/mol. The second-order valence-electron chi connectivity index (χ2n) is 7.40. The molecule has 1 fully saturated rings. The third-order valence-corrected chi connectivity index (χ3v) is 5.67. The van der Waals surface area contributed by atoms with Crippen molar-refractivity contribution in [2.24, 2.45) is 5.92 Å². The van der Waals surface area contributed by atoms with E-state index in [9.17, 15) is 15.0 Å². The van der Waals surface area contributed by atoms with Gasteiger partial charge in [0.1, 0.15) is 18.8 Å². The van der Waals surface area contributed by atoms with Crippen LogP contribution in [0.25, 0.3) is 0 Å². The lowest BCUT2D eigenvalue weighted by molar-refractivity contribution is -0.906. The molecule has 6 nitrogen and oxygen atoms in total. The van der Waals surface area contributed by atoms with Gasteiger partial charge >= 0.3 is 5.97 Å². The molecule has 1 saturated heterocycles. The topological polar surface area (TPSA) is 76.0 Å². The minimum atomic E-state index is -1.68. The van der Waals surface area contributed by atoms with Crippen molar-refractivity contribution in [1.82, 2.24) is 0 Å². The Bertz CT molecular complexity index is 491. The highest BCUT2D eigenvalue weighted by Crippen LogP contribution is 2.35. The molecule has 0 spiro atoms. The number of quaternary nitrogens is 1. The van der Waals surface area contributed by atoms with Crippen molar-refractivity contribution in [3.8, 4) is 0 Å². The quantitative estimate of drug-likeness (QED) is 0.421. The highest BCUT2D eigenvalue weighted by molar-refractivity contribution is 5.80. The maximum absolute atomic E-state index is 12.5. The van der Waals surface area contributed by atoms with Gasteiger partial charge in [0.15, 0.2) is 5.60 Å². The zero-order valence-corrected chi connectivity index (χ0v) is 14.8. The van der Waals surface area contributed by atoms with E-state index in [0.29, 0.717) is 0 Å². The van der Waals surface area contributed by atoms with Crippen molar-refractivity contribution in [2.45, 2.75) is 51.0 Å². The number of carbonyl (C=O) groups is 1. The van der Waals surface area contributed by atoms with E-state index >= 15 is 0 Å². The third kappa shape index (κ3) is 3.05. The molecule has 2 heterocycles. The Kier molecular flexibility index (Phi) is 5.21. The molecule has 0 aromatic rings. The molecule has 132 valence electrons. The summed E-state index contributed by atoms with van der Waals surface area (Å²) in [7, 11) is 3.58. The van der Waals surface area contributed by atoms with Gasteiger partial charge in [0, 0.05) is 19.1 Å². The van der Waals surface area contributed by atoms with Crippen molar-refractivity contribution in [1.29, 1.82) is 0 Å². The Labute approximate surface area is 138 Å². The van der Waals surface area contributed by atoms with E-state index in [1.807, 2.05) is 0 Å². The highest BCUT2D eigenvalue weighted by atomic mass is 16.6. The number of fused-ring (bicyclic) bond motifs is 1. The molecule has 0 saturated carbocycles. The van der Waals surface area contributed by atoms with Crippen LogP contribution in [0.2, 0.25) is 0 Å². The number of esters is 1. The van der Waals surface area contributed by atoms with Crippen LogP contribution in [0.4, 0.5) is 0 Å². The van der Waals surface area contributed by atoms with Gasteiger partial charge in [-0.2, -0.15) is 0 Å². The highest BCUT2D eigenvalue weighted by Gasteiger charge is 2.51. The third-order valence-electron chi connectivity index (χ3n) is 5.67. The molecular formula is C17H30NO5+. The van der Waals surface area contributed by atoms with E-state index in [4.69, 9.17) is 9.47 Å². The van der Waals surface area contributed by atoms with E-state index in [1.54, 1.807) is 20.8 Å². The Hall–Kier alpha value is -0.950. The lowest BCUT2D eigenvalue weighted by atomic mass is 9.85. The van der Waals surface area contributed by atoms with E-state index in [2.05, 4.69) is 13.1 Å². The van der Waals surface area contributed by atoms with E-state index in [1.165, 1.54) is 7.11 Å². The van der Waals surface area contributed by atoms with Gasteiger partial charge in [-0.05, 0) is 18.9 Å². The molecule has 2 aliphatic heterocycles. The average molecular weight is 328 g/mol. The standard InChI is InChI=1S/C17H30NO5/c1-11(2)17(21,12(3)22-5)16(20)23-10-13-6-8-18(4)9-7-14(19)15(13)18/h6,11-12,14-15,19,21H,7-10H2,1-5H3/q+1/t12-,14-,15-,17+,18-/m1/s1. The fraction of sp³-hybridized carbons (Fsp3) is 0.824. The average Bonchev–Trinajstić information content (AvgIpc) is 2.99. The van der Waals surface area contributed by atoms with Crippen molar-refractivity contribution in [3.63, 3.8) is 0 Å². The number of hydrogen-bond donors (Lipinski definition) is 2. The van der Waals surface area contributed by atoms with Crippen LogP contribution in [0.1, 0.15) is 27.2 Å². The fourth-order valence-corrected chi connectivity index (χ4v) is 3.90. The first kappa shape index (κ1) is 18.4. The summed E-state index contributed by atoms with van der Waals surface area (Å²) in [5, 5.41) is 20.9. The number of rotatable bonds is 6. The minimum absolute atomic E-state index is 0.00482. The smallest absolute Gasteiger partial charge is 0.341 e. The Morgan fingerprint density at radius 1 is 1.48 bits per heavy atom. The second kappa shape index (κ2) is 6.51. The second-order valence-corrected chi connectivity index (χ2v) is 7.40. The van der Waals surface area contributed by atoms with Crippen LogP contribution in [0, 0.1) is 5.92 Å². The Morgan fingerprint density at radius 2 is 2.13 bits per heavy atom. The van der Waals surface area contributed by atoms with Crippen molar-refractivity contribution in [2.75, 3.05) is 33.9 Å². The van der Waals surface area contributed by atoms with Gasteiger partial charge in [0.25, 0.3) is 0 Å². The van der Waals surface area contributed by atoms with Crippen LogP contribution in [-0.4, -0.2) is 78.4 Å². The molecule has 0 aromatic carbocycles. The maximum Gasteiger partial charge on any atom is 0.341 e. The van der Waals surface area contributed by atoms with Gasteiger partial charge in [0.05, 0.1) is 26.2 Å². The number of carbonyl (C=O) groups excluding carboxylic acids is 1. The molecule has 5 atom stereocenters. The zero-order valence-electron chi connectivity index (χ0n) is 14.8. The molecular weight excluding hydrogens is 298 g/mol. The summed E-state index contributed by atoms with van der Waals surface area (Å²) in [5.41, 5.74) is -0.734. The first-order valence-corrected chi connectivity index (χ1v) is 8.30. The van der Waals surface area contributed by atoms with Gasteiger partial charge in [0.2, 0.25) is 0 Å². The van der Waals surface area contributed by atoms with Gasteiger partial charge in [-0.15, -0.1) is 0 Å². The van der Waals surface area contributed by atoms with Crippen molar-refractivity contribution in [3.05, 3.63) is 11.6 Å². The van der Waals surface area contributed by atoms with Gasteiger partial charge in [-0.25, -0.2) is 4.79 Å². The maximum atomic E-state index is 12.5. The summed E-state index contributed by atoms with van der Waals surface area (Å²) in [6, 6.07) is -0.00482. The molecule has 2 rings (SSSR count). The van der Waals surface area contributed by atoms with Crippen molar-refractivity contribution < 1.29 is 29.0 Å². The molecule has 6 heteroatoms. The molecule has 0 amide bonds. The zero-order chi connectivity index (χ0) is 17.4. The van der Waals surface area contributed by atoms with E-state index in [0.717, 1.165) is 29.6 Å². The summed E-state index contributed by atoms with van der Waals surface area (Å²) < 4.78 is 11.4. The number of aliphatic hydroxyl groups is 2. The summed E-state index contributed by atoms with van der Waals surface area (Å²) in [4.78, 5) is 12.5. The van der Waals surface area contributed by atoms with Crippen LogP contribution in [-0.2, 0) is 14.3 Å². The predicted octanol–water partition coefficient (Wildman–Crippen LogP) is 0.471. The van der Waals surface area contributed by atoms with E-state index < -0.39 is 23.8 Å². The lowest BCUT2D eigenvalue weighted by Crippen LogP contribution is -2.54. The van der Waals surface area contributed by atoms with Crippen LogP contribution in [0.15, 0.2) is 11.6 Å². The molecule has 2 aliphatic rings. The first-order chi connectivity index (χ1) is 10.7. The SMILES string of the molecule is CO[C@H](C)[C@](O)(C(=O)OCC1=CC[N@+]2(C)CC[C@@H](O)[C@@H]12)C(C)C. The van der Waals surface area contributed by atoms with Gasteiger partial charge in [-0.3, -0.25) is 0 Å². The molecule has 0 radical (unpaired) electrons. The van der Waals surface area contributed by atoms with Crippen LogP contribution in [0.3, 0.4) is 0 Å². The summed E-state index contributed by atoms with van der Waals surface area (Å²) in [6.45, 7) is 7.07. The molecule has 23 heavy (non-hydrogen) atoms. The number of methoxy groups -OCH3 is 1. The van der Waals surface area contributed by atoms with Crippen LogP contribution in [0.5, 0.6) is 0 Å². The normalized spacial score (nSPS) is 34.0. The lowest BCUT2D eigenvalue weighted by Gasteiger charge is -2.35. The van der Waals surface area contributed by atoms with E-state index in [-0.39, 0.29) is 18.6 Å². The molecule has 0 unspecified atom stereocenters. The molecule has 2 N–H and O–H groups in total. The molecule has 0 bridgehead atoms. The number of likely N-dealkylation sites (N-methyl/N-ethyl adjacent to an activating group) is 1. The number of ether oxygens (including phenoxy) is 2. The minimum Gasteiger partial charge on any atom is -0.459 e. The largest absolute Gasteiger partial charge is 0.459 e. The van der Waals surface area contributed by atoms with Gasteiger partial charge in [-0.1, -0.05) is 13.8 Å². The summed E-state index contributed by atoms with van der Waals surface area (Å²) in [5.74, 6) is -1.00. The van der Waals surface area contributed by atoms with Gasteiger partial charge < -0.3 is 24.2 Å². The number of nitrogens with zero attached hydrogens (tertiary/aromatic N) is 1. The number of hydrogen-bond acceptors (Lipinski definition) is 5. The first-order valence-electron chi connectivity index (χ1n) is 8.30. The molecule has 0 aliphatic carbocycles. The Balaban J connectivity index is 2.04. The summed E-state index contributed by atoms with van der Waals surface area (Å²) in [6.07, 6.45) is 1.76. The molecule has 0 aromatic heterocycles.